The highest BCUT2D eigenvalue weighted by molar-refractivity contribution is 5.98. The molecule has 0 aliphatic rings. The highest BCUT2D eigenvalue weighted by Gasteiger charge is 2.11. The second-order valence-corrected chi connectivity index (χ2v) is 4.61. The first-order valence-electron chi connectivity index (χ1n) is 6.30. The lowest BCUT2D eigenvalue weighted by Gasteiger charge is -2.04. The smallest absolute Gasteiger partial charge is 0.142 e. The molecule has 21 heavy (non-hydrogen) atoms. The zero-order chi connectivity index (χ0) is 15.0. The maximum absolute atomic E-state index is 9.98. The molecule has 6 heteroatoms. The van der Waals surface area contributed by atoms with Crippen molar-refractivity contribution >= 4 is 16.9 Å². The quantitative estimate of drug-likeness (QED) is 0.436. The Hall–Kier alpha value is -3.02. The van der Waals surface area contributed by atoms with Gasteiger partial charge in [-0.15, -0.1) is 0 Å². The second kappa shape index (κ2) is 4.82. The number of fused-ring (bicyclic) bond motifs is 1. The fourth-order valence-corrected chi connectivity index (χ4v) is 2.14. The summed E-state index contributed by atoms with van der Waals surface area (Å²) in [4.78, 5) is 7.56. The molecule has 5 N–H and O–H groups in total. The van der Waals surface area contributed by atoms with Crippen LogP contribution in [0.5, 0.6) is 11.5 Å². The van der Waals surface area contributed by atoms with Crippen LogP contribution in [0.2, 0.25) is 0 Å². The van der Waals surface area contributed by atoms with Gasteiger partial charge in [0.2, 0.25) is 0 Å². The van der Waals surface area contributed by atoms with Crippen molar-refractivity contribution in [3.63, 3.8) is 0 Å². The van der Waals surface area contributed by atoms with Crippen molar-refractivity contribution in [1.82, 2.24) is 9.97 Å². The maximum atomic E-state index is 9.98. The number of ether oxygens (including phenoxy) is 1. The fourth-order valence-electron chi connectivity index (χ4n) is 2.14. The number of amidine groups is 1. The normalized spacial score (nSPS) is 10.7. The Balaban J connectivity index is 2.15. The SMILES string of the molecule is COc1ccc(O)c(-c2nc3ccc(C(=N)N)cc3[nH]2)c1. The highest BCUT2D eigenvalue weighted by Crippen LogP contribution is 2.32. The first kappa shape index (κ1) is 13.0. The number of nitrogens with two attached hydrogens (primary N) is 1. The molecule has 0 aliphatic heterocycles. The summed E-state index contributed by atoms with van der Waals surface area (Å²) in [5, 5.41) is 17.4. The molecular weight excluding hydrogens is 268 g/mol. The summed E-state index contributed by atoms with van der Waals surface area (Å²) in [5.41, 5.74) is 8.13. The van der Waals surface area contributed by atoms with Crippen LogP contribution in [0, 0.1) is 5.41 Å². The molecule has 0 fully saturated rings. The van der Waals surface area contributed by atoms with Crippen LogP contribution in [-0.4, -0.2) is 28.0 Å². The largest absolute Gasteiger partial charge is 0.507 e. The van der Waals surface area contributed by atoms with Crippen LogP contribution in [-0.2, 0) is 0 Å². The molecule has 3 rings (SSSR count). The standard InChI is InChI=1S/C15H14N4O2/c1-21-9-3-5-13(20)10(7-9)15-18-11-4-2-8(14(16)17)6-12(11)19-15/h2-7,20H,1H3,(H3,16,17)(H,18,19). The Kier molecular flexibility index (Phi) is 2.98. The number of aromatic amines is 1. The predicted molar refractivity (Wildman–Crippen MR) is 80.8 cm³/mol. The summed E-state index contributed by atoms with van der Waals surface area (Å²) in [6.45, 7) is 0. The molecule has 0 saturated carbocycles. The number of benzene rings is 2. The number of aromatic hydroxyl groups is 1. The summed E-state index contributed by atoms with van der Waals surface area (Å²) in [6, 6.07) is 10.2. The third-order valence-electron chi connectivity index (χ3n) is 3.25. The average molecular weight is 282 g/mol. The van der Waals surface area contributed by atoms with Crippen LogP contribution in [0.4, 0.5) is 0 Å². The molecule has 0 aliphatic carbocycles. The summed E-state index contributed by atoms with van der Waals surface area (Å²) in [6.07, 6.45) is 0. The molecule has 0 radical (unpaired) electrons. The summed E-state index contributed by atoms with van der Waals surface area (Å²) in [5.74, 6) is 1.27. The first-order valence-corrected chi connectivity index (χ1v) is 6.30. The Morgan fingerprint density at radius 1 is 1.29 bits per heavy atom. The molecule has 0 spiro atoms. The van der Waals surface area contributed by atoms with E-state index < -0.39 is 0 Å². The summed E-state index contributed by atoms with van der Waals surface area (Å²) < 4.78 is 5.16. The minimum Gasteiger partial charge on any atom is -0.507 e. The van der Waals surface area contributed by atoms with Crippen molar-refractivity contribution < 1.29 is 9.84 Å². The second-order valence-electron chi connectivity index (χ2n) is 4.61. The van der Waals surface area contributed by atoms with E-state index in [1.807, 2.05) is 0 Å². The number of nitrogens with one attached hydrogen (secondary N) is 2. The van der Waals surface area contributed by atoms with Crippen molar-refractivity contribution in [2.24, 2.45) is 5.73 Å². The maximum Gasteiger partial charge on any atom is 0.142 e. The van der Waals surface area contributed by atoms with Gasteiger partial charge in [0.1, 0.15) is 23.2 Å². The van der Waals surface area contributed by atoms with Gasteiger partial charge in [-0.05, 0) is 36.4 Å². The van der Waals surface area contributed by atoms with Gasteiger partial charge in [0, 0.05) is 5.56 Å². The van der Waals surface area contributed by atoms with Crippen LogP contribution in [0.15, 0.2) is 36.4 Å². The molecule has 3 aromatic rings. The molecule has 0 bridgehead atoms. The van der Waals surface area contributed by atoms with Crippen LogP contribution in [0.3, 0.4) is 0 Å². The number of rotatable bonds is 3. The first-order chi connectivity index (χ1) is 10.1. The van der Waals surface area contributed by atoms with E-state index in [4.69, 9.17) is 15.9 Å². The van der Waals surface area contributed by atoms with Crippen LogP contribution < -0.4 is 10.5 Å². The number of aromatic nitrogens is 2. The number of hydrogen-bond acceptors (Lipinski definition) is 4. The number of methoxy groups -OCH3 is 1. The number of imidazole rings is 1. The third-order valence-corrected chi connectivity index (χ3v) is 3.25. The van der Waals surface area contributed by atoms with Gasteiger partial charge in [-0.3, -0.25) is 5.41 Å². The molecule has 6 nitrogen and oxygen atoms in total. The Bertz CT molecular complexity index is 839. The van der Waals surface area contributed by atoms with Crippen molar-refractivity contribution in [2.75, 3.05) is 7.11 Å². The minimum atomic E-state index is -0.00252. The van der Waals surface area contributed by atoms with E-state index in [0.717, 1.165) is 11.0 Å². The van der Waals surface area contributed by atoms with E-state index in [0.29, 0.717) is 22.7 Å². The topological polar surface area (TPSA) is 108 Å². The van der Waals surface area contributed by atoms with Gasteiger partial charge < -0.3 is 20.6 Å². The molecule has 1 aromatic heterocycles. The van der Waals surface area contributed by atoms with Crippen molar-refractivity contribution in [3.05, 3.63) is 42.0 Å². The molecule has 0 saturated heterocycles. The molecule has 0 amide bonds. The molecule has 1 heterocycles. The van der Waals surface area contributed by atoms with Gasteiger partial charge in [0.25, 0.3) is 0 Å². The molecule has 106 valence electrons. The molecule has 0 unspecified atom stereocenters. The Morgan fingerprint density at radius 3 is 2.81 bits per heavy atom. The van der Waals surface area contributed by atoms with Crippen LogP contribution in [0.25, 0.3) is 22.4 Å². The lowest BCUT2D eigenvalue weighted by Crippen LogP contribution is -2.10. The molecule has 2 aromatic carbocycles. The average Bonchev–Trinajstić information content (AvgIpc) is 2.90. The van der Waals surface area contributed by atoms with Gasteiger partial charge >= 0.3 is 0 Å². The highest BCUT2D eigenvalue weighted by atomic mass is 16.5. The summed E-state index contributed by atoms with van der Waals surface area (Å²) >= 11 is 0. The number of nitrogen functional groups attached to an aromatic ring is 1. The summed E-state index contributed by atoms with van der Waals surface area (Å²) in [7, 11) is 1.56. The van der Waals surface area contributed by atoms with Crippen molar-refractivity contribution in [2.45, 2.75) is 0 Å². The monoisotopic (exact) mass is 282 g/mol. The van der Waals surface area contributed by atoms with Crippen LogP contribution >= 0.6 is 0 Å². The molecule has 0 atom stereocenters. The van der Waals surface area contributed by atoms with Gasteiger partial charge in [-0.2, -0.15) is 0 Å². The zero-order valence-corrected chi connectivity index (χ0v) is 11.3. The van der Waals surface area contributed by atoms with E-state index in [1.54, 1.807) is 43.5 Å². The van der Waals surface area contributed by atoms with Crippen LogP contribution in [0.1, 0.15) is 5.56 Å². The van der Waals surface area contributed by atoms with E-state index >= 15 is 0 Å². The lowest BCUT2D eigenvalue weighted by atomic mass is 10.2. The zero-order valence-electron chi connectivity index (χ0n) is 11.3. The lowest BCUT2D eigenvalue weighted by molar-refractivity contribution is 0.412. The van der Waals surface area contributed by atoms with Gasteiger partial charge in [-0.1, -0.05) is 0 Å². The minimum absolute atomic E-state index is 0.00252. The Labute approximate surface area is 120 Å². The van der Waals surface area contributed by atoms with E-state index in [-0.39, 0.29) is 11.6 Å². The Morgan fingerprint density at radius 2 is 2.10 bits per heavy atom. The number of H-pyrrole nitrogens is 1. The van der Waals surface area contributed by atoms with Gasteiger partial charge in [0.05, 0.1) is 23.7 Å². The van der Waals surface area contributed by atoms with E-state index in [9.17, 15) is 5.11 Å². The number of phenols is 1. The number of hydrogen-bond donors (Lipinski definition) is 4. The van der Waals surface area contributed by atoms with Crippen molar-refractivity contribution in [3.8, 4) is 22.9 Å². The number of nitrogens with zero attached hydrogens (tertiary/aromatic N) is 1. The van der Waals surface area contributed by atoms with Crippen molar-refractivity contribution in [1.29, 1.82) is 5.41 Å². The predicted octanol–water partition coefficient (Wildman–Crippen LogP) is 2.23. The van der Waals surface area contributed by atoms with E-state index in [2.05, 4.69) is 9.97 Å². The molecular formula is C15H14N4O2. The number of phenolic OH excluding ortho intramolecular Hbond substituents is 1. The fraction of sp³-hybridized carbons (Fsp3) is 0.0667. The third kappa shape index (κ3) is 2.27. The van der Waals surface area contributed by atoms with Gasteiger partial charge in [0.15, 0.2) is 0 Å². The van der Waals surface area contributed by atoms with Gasteiger partial charge in [-0.25, -0.2) is 4.98 Å². The van der Waals surface area contributed by atoms with E-state index in [1.165, 1.54) is 0 Å².